The van der Waals surface area contributed by atoms with Crippen molar-refractivity contribution in [2.45, 2.75) is 37.9 Å². The van der Waals surface area contributed by atoms with Gasteiger partial charge >= 0.3 is 6.18 Å². The van der Waals surface area contributed by atoms with Crippen molar-refractivity contribution in [2.24, 2.45) is 5.92 Å². The molecule has 1 aliphatic carbocycles. The SMILES string of the molecule is CC1(C2CC2)CN(CCC(F)(F)F)CCN1. The van der Waals surface area contributed by atoms with Crippen molar-refractivity contribution >= 4 is 0 Å². The van der Waals surface area contributed by atoms with Crippen LogP contribution in [0.15, 0.2) is 0 Å². The Morgan fingerprint density at radius 2 is 2.06 bits per heavy atom. The molecule has 1 unspecified atom stereocenters. The molecule has 0 spiro atoms. The first-order chi connectivity index (χ1) is 7.39. The van der Waals surface area contributed by atoms with E-state index in [4.69, 9.17) is 0 Å². The molecular weight excluding hydrogens is 217 g/mol. The Hall–Kier alpha value is -0.290. The minimum absolute atomic E-state index is 0.0455. The third kappa shape index (κ3) is 3.10. The van der Waals surface area contributed by atoms with E-state index in [1.54, 1.807) is 0 Å². The highest BCUT2D eigenvalue weighted by Crippen LogP contribution is 2.40. The lowest BCUT2D eigenvalue weighted by atomic mass is 9.93. The van der Waals surface area contributed by atoms with Crippen LogP contribution in [0.4, 0.5) is 13.2 Å². The van der Waals surface area contributed by atoms with Gasteiger partial charge in [-0.2, -0.15) is 13.2 Å². The van der Waals surface area contributed by atoms with Gasteiger partial charge in [-0.3, -0.25) is 4.90 Å². The predicted molar refractivity (Wildman–Crippen MR) is 56.2 cm³/mol. The molecule has 0 amide bonds. The van der Waals surface area contributed by atoms with E-state index >= 15 is 0 Å². The number of piperazine rings is 1. The molecule has 0 aromatic rings. The summed E-state index contributed by atoms with van der Waals surface area (Å²) < 4.78 is 36.4. The molecule has 16 heavy (non-hydrogen) atoms. The van der Waals surface area contributed by atoms with E-state index in [1.807, 2.05) is 4.90 Å². The van der Waals surface area contributed by atoms with E-state index in [1.165, 1.54) is 12.8 Å². The molecule has 0 aromatic heterocycles. The van der Waals surface area contributed by atoms with Gasteiger partial charge in [0.1, 0.15) is 0 Å². The summed E-state index contributed by atoms with van der Waals surface area (Å²) in [4.78, 5) is 1.95. The number of rotatable bonds is 3. The van der Waals surface area contributed by atoms with Gasteiger partial charge in [0.25, 0.3) is 0 Å². The van der Waals surface area contributed by atoms with Crippen LogP contribution >= 0.6 is 0 Å². The van der Waals surface area contributed by atoms with Crippen LogP contribution in [0.2, 0.25) is 0 Å². The summed E-state index contributed by atoms with van der Waals surface area (Å²) in [5.41, 5.74) is 0.0455. The average molecular weight is 236 g/mol. The first kappa shape index (κ1) is 12.2. The van der Waals surface area contributed by atoms with Gasteiger partial charge in [0.05, 0.1) is 6.42 Å². The van der Waals surface area contributed by atoms with Gasteiger partial charge in [-0.25, -0.2) is 0 Å². The van der Waals surface area contributed by atoms with E-state index in [-0.39, 0.29) is 12.1 Å². The minimum Gasteiger partial charge on any atom is -0.309 e. The van der Waals surface area contributed by atoms with E-state index in [2.05, 4.69) is 12.2 Å². The molecule has 1 saturated carbocycles. The third-order valence-electron chi connectivity index (χ3n) is 3.70. The zero-order valence-electron chi connectivity index (χ0n) is 9.61. The first-order valence-corrected chi connectivity index (χ1v) is 5.93. The maximum absolute atomic E-state index is 12.1. The molecule has 2 nitrogen and oxygen atoms in total. The van der Waals surface area contributed by atoms with Crippen LogP contribution in [0, 0.1) is 5.92 Å². The lowest BCUT2D eigenvalue weighted by molar-refractivity contribution is -0.139. The van der Waals surface area contributed by atoms with Gasteiger partial charge in [0, 0.05) is 31.7 Å². The summed E-state index contributed by atoms with van der Waals surface area (Å²) in [6.45, 7) is 4.59. The average Bonchev–Trinajstić information content (AvgIpc) is 2.97. The van der Waals surface area contributed by atoms with Gasteiger partial charge in [-0.1, -0.05) is 0 Å². The van der Waals surface area contributed by atoms with Crippen LogP contribution in [-0.4, -0.2) is 42.8 Å². The standard InChI is InChI=1S/C11H19F3N2/c1-10(9-2-3-9)8-16(7-5-15-10)6-4-11(12,13)14/h9,15H,2-8H2,1H3. The molecule has 2 aliphatic rings. The Morgan fingerprint density at radius 3 is 2.62 bits per heavy atom. The summed E-state index contributed by atoms with van der Waals surface area (Å²) >= 11 is 0. The molecule has 1 saturated heterocycles. The normalized spacial score (nSPS) is 33.0. The molecule has 5 heteroatoms. The first-order valence-electron chi connectivity index (χ1n) is 5.93. The predicted octanol–water partition coefficient (Wildman–Crippen LogP) is 2.01. The van der Waals surface area contributed by atoms with Crippen molar-refractivity contribution in [1.29, 1.82) is 0 Å². The fourth-order valence-corrected chi connectivity index (χ4v) is 2.57. The highest BCUT2D eigenvalue weighted by molar-refractivity contribution is 5.01. The summed E-state index contributed by atoms with van der Waals surface area (Å²) in [6.07, 6.45) is -2.28. The van der Waals surface area contributed by atoms with Gasteiger partial charge in [-0.15, -0.1) is 0 Å². The molecule has 0 bridgehead atoms. The lowest BCUT2D eigenvalue weighted by Gasteiger charge is -2.42. The number of nitrogens with zero attached hydrogens (tertiary/aromatic N) is 1. The topological polar surface area (TPSA) is 15.3 Å². The number of hydrogen-bond acceptors (Lipinski definition) is 2. The quantitative estimate of drug-likeness (QED) is 0.806. The van der Waals surface area contributed by atoms with E-state index < -0.39 is 12.6 Å². The summed E-state index contributed by atoms with van der Waals surface area (Å²) in [6, 6.07) is 0. The Morgan fingerprint density at radius 1 is 1.38 bits per heavy atom. The molecular formula is C11H19F3N2. The van der Waals surface area contributed by atoms with Crippen LogP contribution in [-0.2, 0) is 0 Å². The van der Waals surface area contributed by atoms with E-state index in [9.17, 15) is 13.2 Å². The number of hydrogen-bond donors (Lipinski definition) is 1. The van der Waals surface area contributed by atoms with Crippen molar-refractivity contribution in [2.75, 3.05) is 26.2 Å². The van der Waals surface area contributed by atoms with Crippen LogP contribution < -0.4 is 5.32 Å². The second-order valence-corrected chi connectivity index (χ2v) is 5.26. The van der Waals surface area contributed by atoms with Gasteiger partial charge in [0.15, 0.2) is 0 Å². The molecule has 94 valence electrons. The fourth-order valence-electron chi connectivity index (χ4n) is 2.57. The number of nitrogens with one attached hydrogen (secondary N) is 1. The van der Waals surface area contributed by atoms with Gasteiger partial charge in [0.2, 0.25) is 0 Å². The lowest BCUT2D eigenvalue weighted by Crippen LogP contribution is -2.60. The van der Waals surface area contributed by atoms with Gasteiger partial charge in [-0.05, 0) is 25.7 Å². The van der Waals surface area contributed by atoms with Crippen LogP contribution in [0.25, 0.3) is 0 Å². The van der Waals surface area contributed by atoms with Crippen molar-refractivity contribution in [3.63, 3.8) is 0 Å². The second kappa shape index (κ2) is 4.18. The second-order valence-electron chi connectivity index (χ2n) is 5.26. The summed E-state index contributed by atoms with van der Waals surface area (Å²) in [7, 11) is 0. The Kier molecular flexibility index (Phi) is 3.18. The molecule has 1 atom stereocenters. The van der Waals surface area contributed by atoms with Crippen LogP contribution in [0.3, 0.4) is 0 Å². The molecule has 0 aromatic carbocycles. The number of halogens is 3. The largest absolute Gasteiger partial charge is 0.390 e. The molecule has 1 N–H and O–H groups in total. The summed E-state index contributed by atoms with van der Waals surface area (Å²) in [5, 5.41) is 3.46. The maximum atomic E-state index is 12.1. The van der Waals surface area contributed by atoms with Gasteiger partial charge < -0.3 is 5.32 Å². The van der Waals surface area contributed by atoms with E-state index in [0.717, 1.165) is 19.6 Å². The third-order valence-corrected chi connectivity index (χ3v) is 3.70. The monoisotopic (exact) mass is 236 g/mol. The van der Waals surface area contributed by atoms with Crippen molar-refractivity contribution < 1.29 is 13.2 Å². The van der Waals surface area contributed by atoms with Crippen LogP contribution in [0.5, 0.6) is 0 Å². The zero-order valence-corrected chi connectivity index (χ0v) is 9.61. The van der Waals surface area contributed by atoms with Crippen molar-refractivity contribution in [3.8, 4) is 0 Å². The summed E-state index contributed by atoms with van der Waals surface area (Å²) in [5.74, 6) is 0.668. The Bertz CT molecular complexity index is 250. The molecule has 0 radical (unpaired) electrons. The maximum Gasteiger partial charge on any atom is 0.390 e. The Labute approximate surface area is 94.2 Å². The number of alkyl halides is 3. The smallest absolute Gasteiger partial charge is 0.309 e. The zero-order chi connectivity index (χ0) is 11.8. The van der Waals surface area contributed by atoms with E-state index in [0.29, 0.717) is 5.92 Å². The molecule has 2 rings (SSSR count). The van der Waals surface area contributed by atoms with Crippen LogP contribution in [0.1, 0.15) is 26.2 Å². The molecule has 1 heterocycles. The Balaban J connectivity index is 1.82. The highest BCUT2D eigenvalue weighted by Gasteiger charge is 2.44. The molecule has 1 aliphatic heterocycles. The fraction of sp³-hybridized carbons (Fsp3) is 1.00. The molecule has 2 fully saturated rings. The highest BCUT2D eigenvalue weighted by atomic mass is 19.4. The van der Waals surface area contributed by atoms with Crippen molar-refractivity contribution in [3.05, 3.63) is 0 Å². The van der Waals surface area contributed by atoms with Crippen molar-refractivity contribution in [1.82, 2.24) is 10.2 Å². The minimum atomic E-state index is -4.03.